The SMILES string of the molecule is CC(C)(C)n1nc2cc1Nc1cccc(n1)COC1CC(C1)NC(=O)C[C@@H]1CC[C@H]2C1. The second-order valence-corrected chi connectivity index (χ2v) is 10.4. The van der Waals surface area contributed by atoms with Crippen molar-refractivity contribution < 1.29 is 9.53 Å². The van der Waals surface area contributed by atoms with Crippen molar-refractivity contribution in [2.45, 2.75) is 89.5 Å². The summed E-state index contributed by atoms with van der Waals surface area (Å²) < 4.78 is 8.09. The predicted octanol–water partition coefficient (Wildman–Crippen LogP) is 4.23. The molecule has 2 atom stereocenters. The quantitative estimate of drug-likeness (QED) is 0.663. The molecule has 0 spiro atoms. The number of fused-ring (bicyclic) bond motifs is 3. The minimum atomic E-state index is -0.154. The van der Waals surface area contributed by atoms with E-state index in [4.69, 9.17) is 14.8 Å². The Kier molecular flexibility index (Phi) is 5.24. The van der Waals surface area contributed by atoms with Crippen molar-refractivity contribution in [1.82, 2.24) is 20.1 Å². The summed E-state index contributed by atoms with van der Waals surface area (Å²) >= 11 is 0. The van der Waals surface area contributed by atoms with Crippen molar-refractivity contribution in [3.63, 3.8) is 0 Å². The standard InChI is InChI=1S/C24H33N5O2/c1-24(2,3)29-22-13-20(28-29)16-8-7-15(9-16)10-23(30)26-18-11-19(12-18)31-14-17-5-4-6-21(25-17)27-22/h4-6,13,15-16,18-19H,7-12,14H2,1-3H3,(H,25,27)(H,26,30)/t15-,16+,18?,19?/m1/s1. The van der Waals surface area contributed by atoms with Crippen LogP contribution >= 0.6 is 0 Å². The van der Waals surface area contributed by atoms with Crippen LogP contribution in [0.3, 0.4) is 0 Å². The molecule has 2 fully saturated rings. The van der Waals surface area contributed by atoms with Gasteiger partial charge in [0.15, 0.2) is 0 Å². The van der Waals surface area contributed by atoms with Crippen LogP contribution in [0.1, 0.15) is 76.6 Å². The van der Waals surface area contributed by atoms with E-state index in [9.17, 15) is 4.79 Å². The molecule has 2 aromatic heterocycles. The van der Waals surface area contributed by atoms with Gasteiger partial charge in [-0.15, -0.1) is 0 Å². The van der Waals surface area contributed by atoms with Gasteiger partial charge in [-0.25, -0.2) is 9.67 Å². The van der Waals surface area contributed by atoms with Gasteiger partial charge in [-0.3, -0.25) is 4.79 Å². The van der Waals surface area contributed by atoms with E-state index >= 15 is 0 Å². The van der Waals surface area contributed by atoms with Crippen molar-refractivity contribution in [1.29, 1.82) is 0 Å². The predicted molar refractivity (Wildman–Crippen MR) is 119 cm³/mol. The number of anilines is 2. The van der Waals surface area contributed by atoms with E-state index < -0.39 is 0 Å². The Morgan fingerprint density at radius 3 is 2.81 bits per heavy atom. The number of carbonyl (C=O) groups excluding carboxylic acids is 1. The summed E-state index contributed by atoms with van der Waals surface area (Å²) in [6, 6.07) is 8.41. The number of hydrogen-bond acceptors (Lipinski definition) is 5. The Morgan fingerprint density at radius 1 is 1.16 bits per heavy atom. The molecule has 8 bridgehead atoms. The van der Waals surface area contributed by atoms with Gasteiger partial charge >= 0.3 is 0 Å². The van der Waals surface area contributed by atoms with Gasteiger partial charge in [0.05, 0.1) is 29.6 Å². The zero-order valence-electron chi connectivity index (χ0n) is 18.7. The summed E-state index contributed by atoms with van der Waals surface area (Å²) in [4.78, 5) is 17.3. The van der Waals surface area contributed by atoms with Crippen molar-refractivity contribution in [3.05, 3.63) is 35.7 Å². The molecule has 0 radical (unpaired) electrons. The van der Waals surface area contributed by atoms with E-state index in [-0.39, 0.29) is 23.6 Å². The van der Waals surface area contributed by atoms with E-state index in [2.05, 4.69) is 42.2 Å². The number of carbonyl (C=O) groups is 1. The molecule has 4 heterocycles. The monoisotopic (exact) mass is 423 g/mol. The molecule has 6 rings (SSSR count). The molecule has 166 valence electrons. The lowest BCUT2D eigenvalue weighted by Crippen LogP contribution is -2.48. The second kappa shape index (κ2) is 7.93. The van der Waals surface area contributed by atoms with Gasteiger partial charge < -0.3 is 15.4 Å². The van der Waals surface area contributed by atoms with E-state index in [1.165, 1.54) is 0 Å². The van der Waals surface area contributed by atoms with Crippen LogP contribution in [0.4, 0.5) is 11.6 Å². The molecule has 31 heavy (non-hydrogen) atoms. The highest BCUT2D eigenvalue weighted by Gasteiger charge is 2.34. The molecule has 2 saturated carbocycles. The minimum absolute atomic E-state index is 0.154. The van der Waals surface area contributed by atoms with Crippen LogP contribution in [0.15, 0.2) is 24.3 Å². The highest BCUT2D eigenvalue weighted by molar-refractivity contribution is 5.76. The van der Waals surface area contributed by atoms with Crippen LogP contribution in [-0.2, 0) is 21.7 Å². The summed E-state index contributed by atoms with van der Waals surface area (Å²) in [6.07, 6.45) is 5.80. The zero-order valence-corrected chi connectivity index (χ0v) is 18.7. The third kappa shape index (κ3) is 4.47. The van der Waals surface area contributed by atoms with Gasteiger partial charge in [0.1, 0.15) is 11.6 Å². The molecule has 0 saturated heterocycles. The number of hydrogen-bond donors (Lipinski definition) is 2. The molecule has 0 aromatic carbocycles. The highest BCUT2D eigenvalue weighted by Crippen LogP contribution is 2.41. The van der Waals surface area contributed by atoms with Gasteiger partial charge in [-0.05, 0) is 70.9 Å². The number of nitrogens with zero attached hydrogens (tertiary/aromatic N) is 3. The first-order valence-electron chi connectivity index (χ1n) is 11.6. The smallest absolute Gasteiger partial charge is 0.220 e. The zero-order chi connectivity index (χ0) is 21.6. The maximum Gasteiger partial charge on any atom is 0.220 e. The van der Waals surface area contributed by atoms with Crippen LogP contribution in [-0.4, -0.2) is 32.8 Å². The lowest BCUT2D eigenvalue weighted by Gasteiger charge is -2.35. The van der Waals surface area contributed by atoms with Gasteiger partial charge in [0, 0.05) is 24.4 Å². The number of pyridine rings is 1. The van der Waals surface area contributed by atoms with Crippen molar-refractivity contribution in [2.75, 3.05) is 5.32 Å². The number of amides is 1. The maximum atomic E-state index is 12.5. The summed E-state index contributed by atoms with van der Waals surface area (Å²) in [7, 11) is 0. The lowest BCUT2D eigenvalue weighted by molar-refractivity contribution is -0.124. The molecule has 0 unspecified atom stereocenters. The summed E-state index contributed by atoms with van der Waals surface area (Å²) in [5.74, 6) is 2.79. The third-order valence-electron chi connectivity index (χ3n) is 6.79. The lowest BCUT2D eigenvalue weighted by atomic mass is 9.88. The normalized spacial score (nSPS) is 28.7. The molecule has 4 aliphatic rings. The summed E-state index contributed by atoms with van der Waals surface area (Å²) in [5.41, 5.74) is 1.86. The average molecular weight is 424 g/mol. The Hall–Kier alpha value is -2.41. The molecule has 7 nitrogen and oxygen atoms in total. The van der Waals surface area contributed by atoms with Crippen molar-refractivity contribution in [2.24, 2.45) is 5.92 Å². The fraction of sp³-hybridized carbons (Fsp3) is 0.625. The molecule has 2 aliphatic heterocycles. The maximum absolute atomic E-state index is 12.5. The third-order valence-corrected chi connectivity index (χ3v) is 6.79. The second-order valence-electron chi connectivity index (χ2n) is 10.4. The Bertz CT molecular complexity index is 957. The molecule has 2 aromatic rings. The number of nitrogens with one attached hydrogen (secondary N) is 2. The van der Waals surface area contributed by atoms with E-state index in [0.29, 0.717) is 24.9 Å². The molecular formula is C24H33N5O2. The summed E-state index contributed by atoms with van der Waals surface area (Å²) in [5, 5.41) is 11.7. The molecular weight excluding hydrogens is 390 g/mol. The van der Waals surface area contributed by atoms with Crippen LogP contribution in [0.2, 0.25) is 0 Å². The van der Waals surface area contributed by atoms with E-state index in [1.54, 1.807) is 0 Å². The first-order chi connectivity index (χ1) is 14.8. The topological polar surface area (TPSA) is 81.1 Å². The van der Waals surface area contributed by atoms with Crippen molar-refractivity contribution >= 4 is 17.5 Å². The first-order valence-corrected chi connectivity index (χ1v) is 11.6. The van der Waals surface area contributed by atoms with Gasteiger partial charge in [0.25, 0.3) is 0 Å². The van der Waals surface area contributed by atoms with E-state index in [1.807, 2.05) is 18.2 Å². The molecule has 1 amide bonds. The van der Waals surface area contributed by atoms with Gasteiger partial charge in [0.2, 0.25) is 5.91 Å². The minimum Gasteiger partial charge on any atom is -0.372 e. The van der Waals surface area contributed by atoms with Crippen LogP contribution in [0.25, 0.3) is 0 Å². The molecule has 2 aliphatic carbocycles. The van der Waals surface area contributed by atoms with Crippen molar-refractivity contribution in [3.8, 4) is 0 Å². The molecule has 7 heteroatoms. The van der Waals surface area contributed by atoms with Crippen LogP contribution < -0.4 is 10.6 Å². The average Bonchev–Trinajstić information content (AvgIpc) is 3.30. The largest absolute Gasteiger partial charge is 0.372 e. The first kappa shape index (κ1) is 20.5. The Balaban J connectivity index is 1.45. The van der Waals surface area contributed by atoms with E-state index in [0.717, 1.165) is 55.1 Å². The fourth-order valence-corrected chi connectivity index (χ4v) is 5.06. The number of rotatable bonds is 0. The highest BCUT2D eigenvalue weighted by atomic mass is 16.5. The van der Waals surface area contributed by atoms with Gasteiger partial charge in [-0.2, -0.15) is 5.10 Å². The Labute approximate surface area is 184 Å². The fourth-order valence-electron chi connectivity index (χ4n) is 5.06. The Morgan fingerprint density at radius 2 is 2.00 bits per heavy atom. The van der Waals surface area contributed by atoms with Gasteiger partial charge in [-0.1, -0.05) is 6.07 Å². The number of ether oxygens (including phenoxy) is 1. The summed E-state index contributed by atoms with van der Waals surface area (Å²) in [6.45, 7) is 6.97. The number of aromatic nitrogens is 3. The van der Waals surface area contributed by atoms with Crippen LogP contribution in [0, 0.1) is 5.92 Å². The van der Waals surface area contributed by atoms with Crippen LogP contribution in [0.5, 0.6) is 0 Å². The molecule has 2 N–H and O–H groups in total.